The summed E-state index contributed by atoms with van der Waals surface area (Å²) in [6.07, 6.45) is 4.22. The fraction of sp³-hybridized carbons (Fsp3) is 0.429. The van der Waals surface area contributed by atoms with Crippen molar-refractivity contribution in [2.45, 2.75) is 26.0 Å². The minimum Gasteiger partial charge on any atom is -0.490 e. The second-order valence-electron chi connectivity index (χ2n) is 6.72. The Labute approximate surface area is 198 Å². The van der Waals surface area contributed by atoms with E-state index in [9.17, 15) is 8.78 Å². The second-order valence-corrected chi connectivity index (χ2v) is 6.72. The van der Waals surface area contributed by atoms with Crippen molar-refractivity contribution in [2.75, 3.05) is 37.7 Å². The van der Waals surface area contributed by atoms with Crippen LogP contribution in [-0.2, 0) is 0 Å². The van der Waals surface area contributed by atoms with Crippen molar-refractivity contribution in [2.24, 2.45) is 4.99 Å². The topological polar surface area (TPSA) is 71.0 Å². The lowest BCUT2D eigenvalue weighted by Gasteiger charge is -2.22. The van der Waals surface area contributed by atoms with Crippen molar-refractivity contribution in [1.82, 2.24) is 15.6 Å². The SMILES string of the molecule is CCNC(=NCCOc1cccnc1)NC1CCN(c2ccccc2OC(F)F)C1.I. The zero-order chi connectivity index (χ0) is 21.2. The van der Waals surface area contributed by atoms with Gasteiger partial charge in [-0.25, -0.2) is 4.99 Å². The average molecular weight is 547 g/mol. The van der Waals surface area contributed by atoms with E-state index < -0.39 is 6.61 Å². The first-order valence-corrected chi connectivity index (χ1v) is 10.0. The molecular formula is C21H28F2IN5O2. The number of rotatable bonds is 9. The van der Waals surface area contributed by atoms with Gasteiger partial charge in [0.15, 0.2) is 5.96 Å². The maximum absolute atomic E-state index is 12.7. The summed E-state index contributed by atoms with van der Waals surface area (Å²) in [4.78, 5) is 10.6. The van der Waals surface area contributed by atoms with Gasteiger partial charge in [0, 0.05) is 31.9 Å². The molecule has 31 heavy (non-hydrogen) atoms. The lowest BCUT2D eigenvalue weighted by atomic mass is 10.2. The van der Waals surface area contributed by atoms with Crippen molar-refractivity contribution in [3.8, 4) is 11.5 Å². The molecule has 0 saturated carbocycles. The summed E-state index contributed by atoms with van der Waals surface area (Å²) in [5.41, 5.74) is 0.675. The number of para-hydroxylation sites is 2. The third-order valence-corrected chi connectivity index (χ3v) is 4.56. The van der Waals surface area contributed by atoms with Crippen LogP contribution in [0.15, 0.2) is 53.8 Å². The van der Waals surface area contributed by atoms with Crippen molar-refractivity contribution < 1.29 is 18.3 Å². The first-order chi connectivity index (χ1) is 14.7. The van der Waals surface area contributed by atoms with E-state index in [1.54, 1.807) is 30.6 Å². The van der Waals surface area contributed by atoms with E-state index in [2.05, 4.69) is 25.3 Å². The third-order valence-electron chi connectivity index (χ3n) is 4.56. The molecule has 170 valence electrons. The normalized spacial score (nSPS) is 16.1. The van der Waals surface area contributed by atoms with Gasteiger partial charge < -0.3 is 25.0 Å². The molecule has 2 heterocycles. The second kappa shape index (κ2) is 13.1. The van der Waals surface area contributed by atoms with E-state index in [-0.39, 0.29) is 35.8 Å². The van der Waals surface area contributed by atoms with E-state index in [1.807, 2.05) is 30.0 Å². The molecule has 1 aliphatic rings. The van der Waals surface area contributed by atoms with Crippen LogP contribution in [-0.4, -0.2) is 56.4 Å². The Bertz CT molecular complexity index is 813. The molecule has 0 radical (unpaired) electrons. The van der Waals surface area contributed by atoms with Crippen molar-refractivity contribution in [3.63, 3.8) is 0 Å². The highest BCUT2D eigenvalue weighted by Crippen LogP contribution is 2.31. The summed E-state index contributed by atoms with van der Waals surface area (Å²) in [6, 6.07) is 10.7. The molecule has 3 rings (SSSR count). The first-order valence-electron chi connectivity index (χ1n) is 10.0. The molecule has 1 saturated heterocycles. The van der Waals surface area contributed by atoms with Crippen LogP contribution in [0.3, 0.4) is 0 Å². The Morgan fingerprint density at radius 3 is 2.87 bits per heavy atom. The molecule has 1 unspecified atom stereocenters. The van der Waals surface area contributed by atoms with Gasteiger partial charge in [0.05, 0.1) is 18.4 Å². The number of aromatic nitrogens is 1. The van der Waals surface area contributed by atoms with E-state index in [4.69, 9.17) is 4.74 Å². The largest absolute Gasteiger partial charge is 0.490 e. The number of nitrogens with one attached hydrogen (secondary N) is 2. The van der Waals surface area contributed by atoms with Gasteiger partial charge in [-0.1, -0.05) is 12.1 Å². The minimum atomic E-state index is -2.84. The Hall–Kier alpha value is -2.37. The quantitative estimate of drug-likeness (QED) is 0.217. The standard InChI is InChI=1S/C21H27F2N5O2.HI/c1-2-25-21(26-11-13-29-17-6-5-10-24-14-17)27-16-9-12-28(15-16)18-7-3-4-8-19(18)30-20(22)23;/h3-8,10,14,16,20H,2,9,11-13,15H2,1H3,(H2,25,26,27);1H. The van der Waals surface area contributed by atoms with E-state index in [0.717, 1.165) is 19.5 Å². The van der Waals surface area contributed by atoms with Crippen molar-refractivity contribution in [3.05, 3.63) is 48.8 Å². The van der Waals surface area contributed by atoms with Gasteiger partial charge >= 0.3 is 6.61 Å². The van der Waals surface area contributed by atoms with Gasteiger partial charge in [-0.15, -0.1) is 24.0 Å². The molecule has 10 heteroatoms. The smallest absolute Gasteiger partial charge is 0.387 e. The number of anilines is 1. The molecule has 1 aromatic carbocycles. The number of hydrogen-bond acceptors (Lipinski definition) is 5. The Kier molecular flexibility index (Phi) is 10.5. The zero-order valence-electron chi connectivity index (χ0n) is 17.3. The number of alkyl halides is 2. The predicted molar refractivity (Wildman–Crippen MR) is 128 cm³/mol. The van der Waals surface area contributed by atoms with Crippen LogP contribution in [0.2, 0.25) is 0 Å². The highest BCUT2D eigenvalue weighted by Gasteiger charge is 2.26. The van der Waals surface area contributed by atoms with Gasteiger partial charge in [0.2, 0.25) is 0 Å². The predicted octanol–water partition coefficient (Wildman–Crippen LogP) is 3.51. The zero-order valence-corrected chi connectivity index (χ0v) is 19.7. The maximum Gasteiger partial charge on any atom is 0.387 e. The van der Waals surface area contributed by atoms with Gasteiger partial charge in [-0.2, -0.15) is 8.78 Å². The van der Waals surface area contributed by atoms with E-state index in [0.29, 0.717) is 37.1 Å². The van der Waals surface area contributed by atoms with Gasteiger partial charge in [0.1, 0.15) is 18.1 Å². The third kappa shape index (κ3) is 8.00. The first kappa shape index (κ1) is 24.9. The highest BCUT2D eigenvalue weighted by atomic mass is 127. The highest BCUT2D eigenvalue weighted by molar-refractivity contribution is 14.0. The van der Waals surface area contributed by atoms with E-state index in [1.165, 1.54) is 0 Å². The fourth-order valence-electron chi connectivity index (χ4n) is 3.28. The number of halogens is 3. The van der Waals surface area contributed by atoms with Crippen LogP contribution >= 0.6 is 24.0 Å². The molecular weight excluding hydrogens is 519 g/mol. The summed E-state index contributed by atoms with van der Waals surface area (Å²) in [7, 11) is 0. The Morgan fingerprint density at radius 2 is 2.13 bits per heavy atom. The van der Waals surface area contributed by atoms with Gasteiger partial charge in [-0.3, -0.25) is 4.98 Å². The molecule has 1 aliphatic heterocycles. The summed E-state index contributed by atoms with van der Waals surface area (Å²) in [5.74, 6) is 1.61. The molecule has 0 aliphatic carbocycles. The van der Waals surface area contributed by atoms with Crippen LogP contribution in [0.1, 0.15) is 13.3 Å². The summed E-state index contributed by atoms with van der Waals surface area (Å²) in [5, 5.41) is 6.64. The monoisotopic (exact) mass is 547 g/mol. The molecule has 1 atom stereocenters. The molecule has 2 aromatic rings. The Balaban J connectivity index is 0.00000341. The Morgan fingerprint density at radius 1 is 1.29 bits per heavy atom. The molecule has 1 aromatic heterocycles. The number of aliphatic imine (C=N–C) groups is 1. The average Bonchev–Trinajstić information content (AvgIpc) is 3.20. The van der Waals surface area contributed by atoms with Crippen molar-refractivity contribution in [1.29, 1.82) is 0 Å². The van der Waals surface area contributed by atoms with Crippen LogP contribution in [0, 0.1) is 0 Å². The van der Waals surface area contributed by atoms with E-state index >= 15 is 0 Å². The number of nitrogens with zero attached hydrogens (tertiary/aromatic N) is 3. The van der Waals surface area contributed by atoms with Crippen molar-refractivity contribution >= 4 is 35.6 Å². The number of ether oxygens (including phenoxy) is 2. The fourth-order valence-corrected chi connectivity index (χ4v) is 3.28. The molecule has 0 spiro atoms. The minimum absolute atomic E-state index is 0. The van der Waals surface area contributed by atoms with Crippen LogP contribution in [0.4, 0.5) is 14.5 Å². The van der Waals surface area contributed by atoms with Gasteiger partial charge in [-0.05, 0) is 37.6 Å². The molecule has 2 N–H and O–H groups in total. The molecule has 0 amide bonds. The number of benzene rings is 1. The van der Waals surface area contributed by atoms with Crippen LogP contribution in [0.5, 0.6) is 11.5 Å². The summed E-state index contributed by atoms with van der Waals surface area (Å²) in [6.45, 7) is 2.23. The van der Waals surface area contributed by atoms with Gasteiger partial charge in [0.25, 0.3) is 0 Å². The molecule has 7 nitrogen and oxygen atoms in total. The van der Waals surface area contributed by atoms with Crippen LogP contribution < -0.4 is 25.0 Å². The number of guanidine groups is 1. The number of hydrogen-bond donors (Lipinski definition) is 2. The summed E-state index contributed by atoms with van der Waals surface area (Å²) < 4.78 is 35.7. The lowest BCUT2D eigenvalue weighted by Crippen LogP contribution is -2.44. The molecule has 0 bridgehead atoms. The van der Waals surface area contributed by atoms with Crippen LogP contribution in [0.25, 0.3) is 0 Å². The maximum atomic E-state index is 12.7. The summed E-state index contributed by atoms with van der Waals surface area (Å²) >= 11 is 0. The number of pyridine rings is 1. The molecule has 1 fully saturated rings. The lowest BCUT2D eigenvalue weighted by molar-refractivity contribution is -0.0495.